The number of piperidine rings is 1. The topological polar surface area (TPSA) is 51.7 Å². The summed E-state index contributed by atoms with van der Waals surface area (Å²) in [5.74, 6) is -0.118. The fourth-order valence-corrected chi connectivity index (χ4v) is 3.00. The largest absolute Gasteiger partial charge is 0.494 e. The zero-order valence-corrected chi connectivity index (χ0v) is 14.5. The third kappa shape index (κ3) is 4.02. The molecule has 2 heterocycles. The molecule has 1 aromatic heterocycles. The Bertz CT molecular complexity index is 772. The van der Waals surface area contributed by atoms with Gasteiger partial charge in [-0.1, -0.05) is 11.6 Å². The third-order valence-corrected chi connectivity index (χ3v) is 4.38. The van der Waals surface area contributed by atoms with Crippen molar-refractivity contribution in [3.63, 3.8) is 0 Å². The van der Waals surface area contributed by atoms with Gasteiger partial charge in [-0.05, 0) is 31.0 Å². The van der Waals surface area contributed by atoms with Crippen LogP contribution in [-0.2, 0) is 0 Å². The number of hydrogen-bond donors (Lipinski definition) is 0. The Morgan fingerprint density at radius 1 is 1.36 bits per heavy atom. The van der Waals surface area contributed by atoms with Crippen LogP contribution in [0.3, 0.4) is 0 Å². The van der Waals surface area contributed by atoms with Crippen molar-refractivity contribution in [2.24, 2.45) is 0 Å². The fourth-order valence-electron chi connectivity index (χ4n) is 2.84. The number of nitrogens with zero attached hydrogens (tertiary/aromatic N) is 2. The number of ether oxygens (including phenoxy) is 2. The Balaban J connectivity index is 1.69. The molecule has 5 nitrogen and oxygen atoms in total. The normalized spacial score (nSPS) is 17.2. The van der Waals surface area contributed by atoms with Gasteiger partial charge in [-0.3, -0.25) is 9.78 Å². The molecule has 1 unspecified atom stereocenters. The van der Waals surface area contributed by atoms with Gasteiger partial charge < -0.3 is 14.4 Å². The maximum atomic E-state index is 13.8. The average Bonchev–Trinajstić information content (AvgIpc) is 2.63. The minimum Gasteiger partial charge on any atom is -0.494 e. The van der Waals surface area contributed by atoms with Crippen molar-refractivity contribution < 1.29 is 18.7 Å². The summed E-state index contributed by atoms with van der Waals surface area (Å²) in [6.07, 6.45) is 4.58. The molecule has 1 amide bonds. The first-order valence-electron chi connectivity index (χ1n) is 7.97. The lowest BCUT2D eigenvalue weighted by Gasteiger charge is -2.33. The smallest absolute Gasteiger partial charge is 0.254 e. The van der Waals surface area contributed by atoms with Gasteiger partial charge >= 0.3 is 0 Å². The van der Waals surface area contributed by atoms with E-state index in [1.807, 2.05) is 0 Å². The van der Waals surface area contributed by atoms with Gasteiger partial charge in [0.15, 0.2) is 11.6 Å². The summed E-state index contributed by atoms with van der Waals surface area (Å²) in [5, 5.41) is 0.433. The van der Waals surface area contributed by atoms with Gasteiger partial charge in [-0.25, -0.2) is 4.39 Å². The van der Waals surface area contributed by atoms with Crippen LogP contribution in [0, 0.1) is 5.82 Å². The van der Waals surface area contributed by atoms with Crippen LogP contribution < -0.4 is 9.47 Å². The van der Waals surface area contributed by atoms with E-state index in [2.05, 4.69) is 4.98 Å². The zero-order chi connectivity index (χ0) is 17.8. The highest BCUT2D eigenvalue weighted by Crippen LogP contribution is 2.26. The van der Waals surface area contributed by atoms with E-state index in [1.54, 1.807) is 23.2 Å². The number of amides is 1. The molecule has 1 aliphatic rings. The van der Waals surface area contributed by atoms with Crippen LogP contribution in [-0.4, -0.2) is 42.1 Å². The Kier molecular flexibility index (Phi) is 5.38. The van der Waals surface area contributed by atoms with Crippen molar-refractivity contribution in [3.05, 3.63) is 53.1 Å². The summed E-state index contributed by atoms with van der Waals surface area (Å²) in [6.45, 7) is 1.03. The van der Waals surface area contributed by atoms with Gasteiger partial charge in [0.1, 0.15) is 16.9 Å². The van der Waals surface area contributed by atoms with Crippen molar-refractivity contribution >= 4 is 17.5 Å². The number of likely N-dealkylation sites (tertiary alicyclic amines) is 1. The fraction of sp³-hybridized carbons (Fsp3) is 0.333. The van der Waals surface area contributed by atoms with Crippen LogP contribution in [0.4, 0.5) is 4.39 Å². The second-order valence-electron chi connectivity index (χ2n) is 5.79. The lowest BCUT2D eigenvalue weighted by atomic mass is 10.1. The molecule has 0 spiro atoms. The summed E-state index contributed by atoms with van der Waals surface area (Å²) in [6, 6.07) is 5.92. The molecule has 1 aromatic carbocycles. The lowest BCUT2D eigenvalue weighted by Crippen LogP contribution is -2.44. The highest BCUT2D eigenvalue weighted by molar-refractivity contribution is 6.31. The molecule has 2 aromatic rings. The van der Waals surface area contributed by atoms with E-state index < -0.39 is 5.82 Å². The summed E-state index contributed by atoms with van der Waals surface area (Å²) in [5.41, 5.74) is 0.292. The molecule has 0 saturated carbocycles. The van der Waals surface area contributed by atoms with Crippen LogP contribution in [0.2, 0.25) is 5.02 Å². The number of benzene rings is 1. The molecule has 1 aliphatic heterocycles. The lowest BCUT2D eigenvalue weighted by molar-refractivity contribution is 0.0537. The predicted molar refractivity (Wildman–Crippen MR) is 91.8 cm³/mol. The van der Waals surface area contributed by atoms with Crippen LogP contribution in [0.15, 0.2) is 36.7 Å². The molecule has 1 atom stereocenters. The molecule has 0 N–H and O–H groups in total. The number of carbonyl (C=O) groups excluding carboxylic acids is 1. The summed E-state index contributed by atoms with van der Waals surface area (Å²) < 4.78 is 24.6. The second-order valence-corrected chi connectivity index (χ2v) is 6.20. The maximum Gasteiger partial charge on any atom is 0.254 e. The van der Waals surface area contributed by atoms with Crippen LogP contribution in [0.25, 0.3) is 0 Å². The monoisotopic (exact) mass is 364 g/mol. The van der Waals surface area contributed by atoms with Crippen LogP contribution in [0.5, 0.6) is 11.5 Å². The minimum absolute atomic E-state index is 0.115. The van der Waals surface area contributed by atoms with Crippen molar-refractivity contribution in [1.29, 1.82) is 0 Å². The van der Waals surface area contributed by atoms with E-state index in [0.717, 1.165) is 12.8 Å². The number of halogens is 2. The first kappa shape index (κ1) is 17.5. The Morgan fingerprint density at radius 2 is 2.20 bits per heavy atom. The van der Waals surface area contributed by atoms with Gasteiger partial charge in [0.2, 0.25) is 0 Å². The number of pyridine rings is 1. The molecule has 0 aliphatic carbocycles. The molecule has 1 fully saturated rings. The van der Waals surface area contributed by atoms with Crippen LogP contribution >= 0.6 is 11.6 Å². The SMILES string of the molecule is COc1ccc(C(=O)N2CCCC(Oc3ccncc3Cl)C2)cc1F. The standard InChI is InChI=1S/C18H18ClFN2O3/c1-24-17-5-4-12(9-15(17)20)18(23)22-8-2-3-13(11-22)25-16-6-7-21-10-14(16)19/h4-7,9-10,13H,2-3,8,11H2,1H3. The average molecular weight is 365 g/mol. The molecule has 0 bridgehead atoms. The van der Waals surface area contributed by atoms with Gasteiger partial charge in [-0.15, -0.1) is 0 Å². The Hall–Kier alpha value is -2.34. The Morgan fingerprint density at radius 3 is 2.92 bits per heavy atom. The van der Waals surface area contributed by atoms with E-state index in [-0.39, 0.29) is 17.8 Å². The quantitative estimate of drug-likeness (QED) is 0.832. The van der Waals surface area contributed by atoms with Crippen LogP contribution in [0.1, 0.15) is 23.2 Å². The second kappa shape index (κ2) is 7.70. The number of aromatic nitrogens is 1. The molecule has 25 heavy (non-hydrogen) atoms. The Labute approximate surface area is 150 Å². The molecular weight excluding hydrogens is 347 g/mol. The van der Waals surface area contributed by atoms with Crippen molar-refractivity contribution in [2.75, 3.05) is 20.2 Å². The molecule has 3 rings (SSSR count). The van der Waals surface area contributed by atoms with E-state index >= 15 is 0 Å². The highest BCUT2D eigenvalue weighted by Gasteiger charge is 2.26. The summed E-state index contributed by atoms with van der Waals surface area (Å²) in [4.78, 5) is 18.2. The van der Waals surface area contributed by atoms with Gasteiger partial charge in [0.25, 0.3) is 5.91 Å². The minimum atomic E-state index is -0.554. The molecule has 1 saturated heterocycles. The molecule has 7 heteroatoms. The summed E-state index contributed by atoms with van der Waals surface area (Å²) >= 11 is 6.06. The van der Waals surface area contributed by atoms with Crippen molar-refractivity contribution in [3.8, 4) is 11.5 Å². The highest BCUT2D eigenvalue weighted by atomic mass is 35.5. The first-order chi connectivity index (χ1) is 12.1. The van der Waals surface area contributed by atoms with Crippen molar-refractivity contribution in [1.82, 2.24) is 9.88 Å². The predicted octanol–water partition coefficient (Wildman–Crippen LogP) is 3.57. The third-order valence-electron chi connectivity index (χ3n) is 4.09. The van der Waals surface area contributed by atoms with E-state index in [9.17, 15) is 9.18 Å². The number of carbonyl (C=O) groups is 1. The molecule has 132 valence electrons. The first-order valence-corrected chi connectivity index (χ1v) is 8.35. The van der Waals surface area contributed by atoms with E-state index in [4.69, 9.17) is 21.1 Å². The van der Waals surface area contributed by atoms with Crippen molar-refractivity contribution in [2.45, 2.75) is 18.9 Å². The number of methoxy groups -OCH3 is 1. The van der Waals surface area contributed by atoms with Gasteiger partial charge in [-0.2, -0.15) is 0 Å². The van der Waals surface area contributed by atoms with E-state index in [1.165, 1.54) is 25.4 Å². The maximum absolute atomic E-state index is 13.8. The molecular formula is C18H18ClFN2O3. The number of hydrogen-bond acceptors (Lipinski definition) is 4. The molecule has 0 radical (unpaired) electrons. The summed E-state index contributed by atoms with van der Waals surface area (Å²) in [7, 11) is 1.39. The van der Waals surface area contributed by atoms with Gasteiger partial charge in [0, 0.05) is 30.6 Å². The zero-order valence-electron chi connectivity index (χ0n) is 13.7. The van der Waals surface area contributed by atoms with Gasteiger partial charge in [0.05, 0.1) is 13.7 Å². The number of rotatable bonds is 4. The van der Waals surface area contributed by atoms with E-state index in [0.29, 0.717) is 29.4 Å².